The average Bonchev–Trinajstić information content (AvgIpc) is 3.29. The van der Waals surface area contributed by atoms with Gasteiger partial charge in [-0.05, 0) is 31.9 Å². The summed E-state index contributed by atoms with van der Waals surface area (Å²) in [5, 5.41) is 20.4. The van der Waals surface area contributed by atoms with Crippen LogP contribution in [0, 0.1) is 6.92 Å². The third-order valence-corrected chi connectivity index (χ3v) is 5.13. The highest BCUT2D eigenvalue weighted by atomic mass is 32.1. The van der Waals surface area contributed by atoms with Crippen molar-refractivity contribution in [3.05, 3.63) is 35.0 Å². The van der Waals surface area contributed by atoms with Crippen LogP contribution in [0.25, 0.3) is 21.8 Å². The summed E-state index contributed by atoms with van der Waals surface area (Å²) in [7, 11) is 0. The number of thiazole rings is 1. The van der Waals surface area contributed by atoms with E-state index in [9.17, 15) is 9.90 Å². The molecule has 2 heterocycles. The van der Waals surface area contributed by atoms with E-state index in [2.05, 4.69) is 20.6 Å². The molecule has 0 radical (unpaired) electrons. The molecule has 0 bridgehead atoms. The standard InChI is InChI=1S/C18H21N5O3S/c1-4-11-5-12(14(24)6-15(11)26-10(3)17(25)22-19)16-13(7-20-23-16)18-21-9(2)8-27-18/h5-8,10,24H,4,19H2,1-3H3,(H,20,23)(H,22,25). The van der Waals surface area contributed by atoms with Gasteiger partial charge in [0.2, 0.25) is 0 Å². The molecule has 0 aliphatic carbocycles. The van der Waals surface area contributed by atoms with Crippen LogP contribution >= 0.6 is 11.3 Å². The lowest BCUT2D eigenvalue weighted by Gasteiger charge is -2.17. The smallest absolute Gasteiger partial charge is 0.274 e. The molecular weight excluding hydrogens is 366 g/mol. The fourth-order valence-corrected chi connectivity index (χ4v) is 3.51. The van der Waals surface area contributed by atoms with Gasteiger partial charge in [0.25, 0.3) is 5.91 Å². The van der Waals surface area contributed by atoms with Crippen LogP contribution in [0.3, 0.4) is 0 Å². The number of carbonyl (C=O) groups is 1. The van der Waals surface area contributed by atoms with Gasteiger partial charge in [0, 0.05) is 22.7 Å². The quantitative estimate of drug-likeness (QED) is 0.292. The summed E-state index contributed by atoms with van der Waals surface area (Å²) in [5.41, 5.74) is 5.91. The first kappa shape index (κ1) is 18.9. The molecule has 0 aliphatic rings. The number of aryl methyl sites for hydroxylation is 2. The fourth-order valence-electron chi connectivity index (χ4n) is 2.69. The fraction of sp³-hybridized carbons (Fsp3) is 0.278. The number of hydrogen-bond donors (Lipinski definition) is 4. The molecule has 27 heavy (non-hydrogen) atoms. The van der Waals surface area contributed by atoms with Crippen LogP contribution in [0.5, 0.6) is 11.5 Å². The van der Waals surface area contributed by atoms with Crippen LogP contribution in [0.4, 0.5) is 0 Å². The number of rotatable bonds is 6. The number of phenolic OH excluding ortho intramolecular Hbond substituents is 1. The molecule has 0 saturated heterocycles. The zero-order valence-electron chi connectivity index (χ0n) is 15.2. The summed E-state index contributed by atoms with van der Waals surface area (Å²) in [6, 6.07) is 3.33. The van der Waals surface area contributed by atoms with Gasteiger partial charge in [-0.3, -0.25) is 15.3 Å². The molecule has 3 rings (SSSR count). The van der Waals surface area contributed by atoms with Gasteiger partial charge in [-0.1, -0.05) is 6.92 Å². The Kier molecular flexibility index (Phi) is 5.43. The molecule has 0 aliphatic heterocycles. The van der Waals surface area contributed by atoms with Gasteiger partial charge < -0.3 is 9.84 Å². The summed E-state index contributed by atoms with van der Waals surface area (Å²) in [4.78, 5) is 16.1. The summed E-state index contributed by atoms with van der Waals surface area (Å²) >= 11 is 1.52. The van der Waals surface area contributed by atoms with E-state index in [1.165, 1.54) is 17.4 Å². The Morgan fingerprint density at radius 3 is 2.85 bits per heavy atom. The number of phenols is 1. The van der Waals surface area contributed by atoms with Gasteiger partial charge in [-0.2, -0.15) is 5.10 Å². The Morgan fingerprint density at radius 1 is 1.44 bits per heavy atom. The Bertz CT molecular complexity index is 966. The molecule has 1 atom stereocenters. The molecule has 8 nitrogen and oxygen atoms in total. The first-order chi connectivity index (χ1) is 12.9. The van der Waals surface area contributed by atoms with Gasteiger partial charge >= 0.3 is 0 Å². The Hall–Kier alpha value is -2.91. The molecule has 1 unspecified atom stereocenters. The highest BCUT2D eigenvalue weighted by molar-refractivity contribution is 7.13. The molecule has 3 aromatic rings. The maximum atomic E-state index is 11.6. The second kappa shape index (κ2) is 7.77. The van der Waals surface area contributed by atoms with Gasteiger partial charge in [0.05, 0.1) is 17.5 Å². The summed E-state index contributed by atoms with van der Waals surface area (Å²) in [5.74, 6) is 5.14. The van der Waals surface area contributed by atoms with Crippen LogP contribution in [0.2, 0.25) is 0 Å². The summed E-state index contributed by atoms with van der Waals surface area (Å²) in [6.45, 7) is 5.48. The number of carbonyl (C=O) groups excluding carboxylic acids is 1. The minimum absolute atomic E-state index is 0.0151. The minimum atomic E-state index is -0.786. The predicted octanol–water partition coefficient (Wildman–Crippen LogP) is 2.53. The second-order valence-corrected chi connectivity index (χ2v) is 6.91. The van der Waals surface area contributed by atoms with Crippen molar-refractivity contribution in [1.82, 2.24) is 20.6 Å². The largest absolute Gasteiger partial charge is 0.507 e. The van der Waals surface area contributed by atoms with Crippen LogP contribution in [0.1, 0.15) is 25.1 Å². The van der Waals surface area contributed by atoms with Crippen LogP contribution in [-0.4, -0.2) is 32.3 Å². The van der Waals surface area contributed by atoms with Crippen molar-refractivity contribution in [1.29, 1.82) is 0 Å². The van der Waals surface area contributed by atoms with Crippen LogP contribution in [-0.2, 0) is 11.2 Å². The summed E-state index contributed by atoms with van der Waals surface area (Å²) in [6.07, 6.45) is 1.56. The summed E-state index contributed by atoms with van der Waals surface area (Å²) < 4.78 is 5.67. The van der Waals surface area contributed by atoms with Crippen LogP contribution in [0.15, 0.2) is 23.7 Å². The van der Waals surface area contributed by atoms with Crippen molar-refractivity contribution < 1.29 is 14.6 Å². The van der Waals surface area contributed by atoms with E-state index in [4.69, 9.17) is 10.6 Å². The average molecular weight is 387 g/mol. The monoisotopic (exact) mass is 387 g/mol. The zero-order chi connectivity index (χ0) is 19.6. The molecule has 1 aromatic carbocycles. The lowest BCUT2D eigenvalue weighted by molar-refractivity contribution is -0.127. The first-order valence-electron chi connectivity index (χ1n) is 8.43. The minimum Gasteiger partial charge on any atom is -0.507 e. The Morgan fingerprint density at radius 2 is 2.22 bits per heavy atom. The highest BCUT2D eigenvalue weighted by Gasteiger charge is 2.20. The Balaban J connectivity index is 2.01. The third-order valence-electron chi connectivity index (χ3n) is 4.13. The molecule has 0 saturated carbocycles. The Labute approximate surface area is 160 Å². The van der Waals surface area contributed by atoms with Crippen molar-refractivity contribution in [2.45, 2.75) is 33.3 Å². The van der Waals surface area contributed by atoms with Gasteiger partial charge in [-0.15, -0.1) is 11.3 Å². The van der Waals surface area contributed by atoms with E-state index in [0.717, 1.165) is 21.8 Å². The van der Waals surface area contributed by atoms with E-state index in [0.29, 0.717) is 23.4 Å². The van der Waals surface area contributed by atoms with Gasteiger partial charge in [-0.25, -0.2) is 10.8 Å². The van der Waals surface area contributed by atoms with E-state index < -0.39 is 12.0 Å². The number of benzene rings is 1. The van der Waals surface area contributed by atoms with Gasteiger partial charge in [0.15, 0.2) is 6.10 Å². The number of ether oxygens (including phenoxy) is 1. The molecule has 0 spiro atoms. The number of nitrogens with one attached hydrogen (secondary N) is 2. The molecule has 9 heteroatoms. The highest BCUT2D eigenvalue weighted by Crippen LogP contribution is 2.40. The topological polar surface area (TPSA) is 126 Å². The number of amides is 1. The molecular formula is C18H21N5O3S. The predicted molar refractivity (Wildman–Crippen MR) is 103 cm³/mol. The molecule has 5 N–H and O–H groups in total. The van der Waals surface area contributed by atoms with E-state index in [1.807, 2.05) is 25.3 Å². The first-order valence-corrected chi connectivity index (χ1v) is 9.31. The number of aromatic hydroxyl groups is 1. The van der Waals surface area contributed by atoms with Crippen molar-refractivity contribution in [2.24, 2.45) is 5.84 Å². The van der Waals surface area contributed by atoms with Crippen molar-refractivity contribution in [3.8, 4) is 33.3 Å². The van der Waals surface area contributed by atoms with Crippen molar-refractivity contribution in [3.63, 3.8) is 0 Å². The number of nitrogens with two attached hydrogens (primary N) is 1. The van der Waals surface area contributed by atoms with Crippen LogP contribution < -0.4 is 16.0 Å². The maximum Gasteiger partial charge on any atom is 0.274 e. The number of hydrogen-bond acceptors (Lipinski definition) is 7. The van der Waals surface area contributed by atoms with E-state index >= 15 is 0 Å². The molecule has 1 amide bonds. The lowest BCUT2D eigenvalue weighted by Crippen LogP contribution is -2.40. The molecule has 142 valence electrons. The number of aromatic nitrogens is 3. The zero-order valence-corrected chi connectivity index (χ0v) is 16.1. The second-order valence-electron chi connectivity index (χ2n) is 6.05. The number of H-pyrrole nitrogens is 1. The van der Waals surface area contributed by atoms with Crippen molar-refractivity contribution >= 4 is 17.2 Å². The number of aromatic amines is 1. The number of nitrogens with zero attached hydrogens (tertiary/aromatic N) is 2. The normalized spacial score (nSPS) is 12.0. The number of hydrazine groups is 1. The van der Waals surface area contributed by atoms with E-state index in [1.54, 1.807) is 13.1 Å². The SMILES string of the molecule is CCc1cc(-c2[nH]ncc2-c2nc(C)cs2)c(O)cc1OC(C)C(=O)NN. The van der Waals surface area contributed by atoms with Crippen molar-refractivity contribution in [2.75, 3.05) is 0 Å². The lowest BCUT2D eigenvalue weighted by atomic mass is 10.0. The molecule has 0 fully saturated rings. The van der Waals surface area contributed by atoms with E-state index in [-0.39, 0.29) is 5.75 Å². The molecule has 2 aromatic heterocycles. The third kappa shape index (κ3) is 3.79. The maximum absolute atomic E-state index is 11.6. The van der Waals surface area contributed by atoms with Gasteiger partial charge in [0.1, 0.15) is 16.5 Å².